The molecule has 1 aromatic carbocycles. The maximum absolute atomic E-state index is 10.5. The average molecular weight is 193 g/mol. The Balaban J connectivity index is 2.62. The van der Waals surface area contributed by atoms with Crippen LogP contribution < -0.4 is 5.32 Å². The molecule has 0 spiro atoms. The number of hydrogen-bond donors (Lipinski definition) is 2. The van der Waals surface area contributed by atoms with Gasteiger partial charge in [-0.1, -0.05) is 12.1 Å². The predicted octanol–water partition coefficient (Wildman–Crippen LogP) is 0.248. The minimum Gasteiger partial charge on any atom is -0.508 e. The molecule has 4 nitrogen and oxygen atoms in total. The Morgan fingerprint density at radius 3 is 2.43 bits per heavy atom. The van der Waals surface area contributed by atoms with Crippen molar-refractivity contribution < 1.29 is 14.7 Å². The Morgan fingerprint density at radius 2 is 1.93 bits per heavy atom. The number of phenolic OH excluding ortho intramolecular Hbond substituents is 1. The number of carbonyl (C=O) groups excluding carboxylic acids is 2. The summed E-state index contributed by atoms with van der Waals surface area (Å²) >= 11 is 0. The summed E-state index contributed by atoms with van der Waals surface area (Å²) in [5.74, 6) is 0.180. The molecule has 0 aromatic heterocycles. The molecular weight excluding hydrogens is 182 g/mol. The van der Waals surface area contributed by atoms with E-state index in [0.717, 1.165) is 5.56 Å². The molecule has 0 radical (unpaired) electrons. The lowest BCUT2D eigenvalue weighted by atomic mass is 10.1. The molecule has 0 saturated heterocycles. The normalized spacial score (nSPS) is 11.7. The van der Waals surface area contributed by atoms with Crippen LogP contribution in [0.2, 0.25) is 0 Å². The second-order valence-electron chi connectivity index (χ2n) is 2.90. The van der Waals surface area contributed by atoms with Crippen LogP contribution in [0.5, 0.6) is 5.75 Å². The molecular formula is C10H11NO3. The zero-order valence-electron chi connectivity index (χ0n) is 7.51. The molecule has 0 aliphatic carbocycles. The molecule has 0 aliphatic rings. The Bertz CT molecular complexity index is 308. The molecule has 1 rings (SSSR count). The zero-order valence-corrected chi connectivity index (χ0v) is 7.51. The van der Waals surface area contributed by atoms with Crippen LogP contribution in [0.15, 0.2) is 24.3 Å². The van der Waals surface area contributed by atoms with E-state index in [1.54, 1.807) is 12.1 Å². The smallest absolute Gasteiger partial charge is 0.207 e. The number of phenols is 1. The third-order valence-electron chi connectivity index (χ3n) is 1.84. The van der Waals surface area contributed by atoms with Gasteiger partial charge in [-0.3, -0.25) is 4.79 Å². The van der Waals surface area contributed by atoms with Crippen molar-refractivity contribution in [2.45, 2.75) is 12.5 Å². The highest BCUT2D eigenvalue weighted by Gasteiger charge is 2.05. The molecule has 1 aromatic rings. The fraction of sp³-hybridized carbons (Fsp3) is 0.200. The van der Waals surface area contributed by atoms with E-state index in [1.165, 1.54) is 12.1 Å². The summed E-state index contributed by atoms with van der Waals surface area (Å²) in [6, 6.07) is 5.99. The Hall–Kier alpha value is -1.84. The molecule has 4 heteroatoms. The number of hydrogen-bond acceptors (Lipinski definition) is 3. The SMILES string of the molecule is O=CN[C@H](C=O)Cc1ccc(O)cc1. The number of aldehydes is 1. The Kier molecular flexibility index (Phi) is 3.67. The third-order valence-corrected chi connectivity index (χ3v) is 1.84. The average Bonchev–Trinajstić information content (AvgIpc) is 2.20. The van der Waals surface area contributed by atoms with E-state index in [-0.39, 0.29) is 5.75 Å². The van der Waals surface area contributed by atoms with E-state index < -0.39 is 6.04 Å². The topological polar surface area (TPSA) is 66.4 Å². The molecule has 0 saturated carbocycles. The number of aromatic hydroxyl groups is 1. The van der Waals surface area contributed by atoms with Crippen molar-refractivity contribution in [1.29, 1.82) is 0 Å². The molecule has 0 fully saturated rings. The fourth-order valence-electron chi connectivity index (χ4n) is 1.12. The van der Waals surface area contributed by atoms with Gasteiger partial charge in [0.2, 0.25) is 6.41 Å². The van der Waals surface area contributed by atoms with Gasteiger partial charge in [-0.25, -0.2) is 0 Å². The molecule has 14 heavy (non-hydrogen) atoms. The number of nitrogens with one attached hydrogen (secondary N) is 1. The number of rotatable bonds is 5. The summed E-state index contributed by atoms with van der Waals surface area (Å²) in [5, 5.41) is 11.4. The first-order chi connectivity index (χ1) is 6.76. The number of benzene rings is 1. The third kappa shape index (κ3) is 2.90. The van der Waals surface area contributed by atoms with Crippen molar-refractivity contribution >= 4 is 12.7 Å². The minimum absolute atomic E-state index is 0.180. The van der Waals surface area contributed by atoms with Crippen LogP contribution in [0.1, 0.15) is 5.56 Å². The lowest BCUT2D eigenvalue weighted by molar-refractivity contribution is -0.115. The first-order valence-electron chi connectivity index (χ1n) is 4.19. The molecule has 1 amide bonds. The van der Waals surface area contributed by atoms with Crippen LogP contribution >= 0.6 is 0 Å². The van der Waals surface area contributed by atoms with Crippen molar-refractivity contribution in [3.05, 3.63) is 29.8 Å². The van der Waals surface area contributed by atoms with E-state index in [0.29, 0.717) is 19.1 Å². The first kappa shape index (κ1) is 10.2. The quantitative estimate of drug-likeness (QED) is 0.659. The lowest BCUT2D eigenvalue weighted by Crippen LogP contribution is -2.31. The summed E-state index contributed by atoms with van der Waals surface area (Å²) in [6.45, 7) is 0. The van der Waals surface area contributed by atoms with Gasteiger partial charge in [0.15, 0.2) is 0 Å². The molecule has 0 bridgehead atoms. The zero-order chi connectivity index (χ0) is 10.4. The molecule has 0 aliphatic heterocycles. The fourth-order valence-corrected chi connectivity index (χ4v) is 1.12. The van der Waals surface area contributed by atoms with Crippen molar-refractivity contribution in [3.8, 4) is 5.75 Å². The van der Waals surface area contributed by atoms with Crippen LogP contribution in [0.25, 0.3) is 0 Å². The van der Waals surface area contributed by atoms with Gasteiger partial charge in [0.25, 0.3) is 0 Å². The van der Waals surface area contributed by atoms with E-state index in [4.69, 9.17) is 5.11 Å². The van der Waals surface area contributed by atoms with Crippen LogP contribution in [0, 0.1) is 0 Å². The lowest BCUT2D eigenvalue weighted by Gasteiger charge is -2.08. The number of amides is 1. The van der Waals surface area contributed by atoms with Gasteiger partial charge < -0.3 is 15.2 Å². The summed E-state index contributed by atoms with van der Waals surface area (Å²) in [6.07, 6.45) is 1.61. The van der Waals surface area contributed by atoms with Gasteiger partial charge in [-0.2, -0.15) is 0 Å². The predicted molar refractivity (Wildman–Crippen MR) is 50.9 cm³/mol. The minimum atomic E-state index is -0.503. The van der Waals surface area contributed by atoms with Crippen LogP contribution in [0.3, 0.4) is 0 Å². The van der Waals surface area contributed by atoms with Crippen LogP contribution in [-0.2, 0) is 16.0 Å². The molecule has 0 unspecified atom stereocenters. The highest BCUT2D eigenvalue weighted by Crippen LogP contribution is 2.10. The summed E-state index contributed by atoms with van der Waals surface area (Å²) in [5.41, 5.74) is 0.884. The van der Waals surface area contributed by atoms with Gasteiger partial charge >= 0.3 is 0 Å². The van der Waals surface area contributed by atoms with Gasteiger partial charge in [-0.15, -0.1) is 0 Å². The molecule has 74 valence electrons. The molecule has 1 atom stereocenters. The van der Waals surface area contributed by atoms with E-state index in [1.807, 2.05) is 0 Å². The summed E-state index contributed by atoms with van der Waals surface area (Å²) < 4.78 is 0. The Labute approximate surface area is 81.6 Å². The van der Waals surface area contributed by atoms with Gasteiger partial charge in [-0.05, 0) is 24.1 Å². The maximum Gasteiger partial charge on any atom is 0.207 e. The monoisotopic (exact) mass is 193 g/mol. The Morgan fingerprint density at radius 1 is 1.29 bits per heavy atom. The van der Waals surface area contributed by atoms with Crippen molar-refractivity contribution in [1.82, 2.24) is 5.32 Å². The van der Waals surface area contributed by atoms with Gasteiger partial charge in [0, 0.05) is 0 Å². The number of carbonyl (C=O) groups is 2. The second-order valence-corrected chi connectivity index (χ2v) is 2.90. The van der Waals surface area contributed by atoms with Crippen LogP contribution in [-0.4, -0.2) is 23.8 Å². The van der Waals surface area contributed by atoms with E-state index >= 15 is 0 Å². The van der Waals surface area contributed by atoms with Crippen molar-refractivity contribution in [2.75, 3.05) is 0 Å². The molecule has 0 heterocycles. The molecule has 2 N–H and O–H groups in total. The highest BCUT2D eigenvalue weighted by molar-refractivity contribution is 5.64. The van der Waals surface area contributed by atoms with E-state index in [2.05, 4.69) is 5.32 Å². The summed E-state index contributed by atoms with van der Waals surface area (Å²) in [4.78, 5) is 20.6. The maximum atomic E-state index is 10.5. The van der Waals surface area contributed by atoms with Crippen LogP contribution in [0.4, 0.5) is 0 Å². The summed E-state index contributed by atoms with van der Waals surface area (Å²) in [7, 11) is 0. The standard InChI is InChI=1S/C10H11NO3/c12-6-9(11-7-13)5-8-1-3-10(14)4-2-8/h1-4,6-7,9,14H,5H2,(H,11,13)/t9-/m0/s1. The van der Waals surface area contributed by atoms with Crippen molar-refractivity contribution in [2.24, 2.45) is 0 Å². The van der Waals surface area contributed by atoms with Gasteiger partial charge in [0.1, 0.15) is 12.0 Å². The van der Waals surface area contributed by atoms with Crippen molar-refractivity contribution in [3.63, 3.8) is 0 Å². The van der Waals surface area contributed by atoms with E-state index in [9.17, 15) is 9.59 Å². The largest absolute Gasteiger partial charge is 0.508 e. The first-order valence-corrected chi connectivity index (χ1v) is 4.19. The van der Waals surface area contributed by atoms with Gasteiger partial charge in [0.05, 0.1) is 6.04 Å². The highest BCUT2D eigenvalue weighted by atomic mass is 16.3. The second kappa shape index (κ2) is 5.01.